The highest BCUT2D eigenvalue weighted by Gasteiger charge is 2.07. The van der Waals surface area contributed by atoms with Crippen molar-refractivity contribution in [2.45, 2.75) is 6.54 Å². The number of benzene rings is 1. The van der Waals surface area contributed by atoms with E-state index in [-0.39, 0.29) is 12.4 Å². The molecule has 1 nitrogen and oxygen atoms in total. The van der Waals surface area contributed by atoms with Crippen LogP contribution < -0.4 is 12.4 Å². The minimum Gasteiger partial charge on any atom is -1.00 e. The van der Waals surface area contributed by atoms with E-state index in [1.807, 2.05) is 0 Å². The molecule has 1 aromatic carbocycles. The van der Waals surface area contributed by atoms with E-state index in [0.717, 1.165) is 11.0 Å². The Bertz CT molecular complexity index is 251. The van der Waals surface area contributed by atoms with Crippen molar-refractivity contribution in [1.29, 1.82) is 0 Å². The lowest BCUT2D eigenvalue weighted by Crippen LogP contribution is -3.00. The van der Waals surface area contributed by atoms with Crippen LogP contribution >= 0.6 is 22.6 Å². The molecule has 0 radical (unpaired) electrons. The molecule has 1 rings (SSSR count). The smallest absolute Gasteiger partial charge is 0.104 e. The van der Waals surface area contributed by atoms with Crippen LogP contribution in [0.15, 0.2) is 24.3 Å². The summed E-state index contributed by atoms with van der Waals surface area (Å²) in [6.45, 7) is 1.09. The molecule has 0 heterocycles. The lowest BCUT2D eigenvalue weighted by Gasteiger charge is -2.23. The first-order valence-electron chi connectivity index (χ1n) is 4.02. The van der Waals surface area contributed by atoms with Crippen LogP contribution in [0.25, 0.3) is 0 Å². The zero-order valence-corrected chi connectivity index (χ0v) is 11.1. The molecule has 0 atom stereocenters. The third-order valence-corrected chi connectivity index (χ3v) is 2.29. The van der Waals surface area contributed by atoms with Crippen LogP contribution in [0.2, 0.25) is 0 Å². The second-order valence-electron chi connectivity index (χ2n) is 4.07. The molecule has 13 heavy (non-hydrogen) atoms. The van der Waals surface area contributed by atoms with Gasteiger partial charge in [0.05, 0.1) is 21.1 Å². The summed E-state index contributed by atoms with van der Waals surface area (Å²) in [6, 6.07) is 8.72. The van der Waals surface area contributed by atoms with Crippen molar-refractivity contribution in [2.75, 3.05) is 21.1 Å². The molecule has 0 N–H and O–H groups in total. The number of halogens is 2. The fourth-order valence-electron chi connectivity index (χ4n) is 1.14. The summed E-state index contributed by atoms with van der Waals surface area (Å²) in [5.74, 6) is 0. The zero-order chi connectivity index (χ0) is 9.19. The summed E-state index contributed by atoms with van der Waals surface area (Å²) >= 11 is 2.33. The molecule has 0 unspecified atom stereocenters. The van der Waals surface area contributed by atoms with Crippen molar-refractivity contribution in [3.05, 3.63) is 33.4 Å². The van der Waals surface area contributed by atoms with E-state index in [1.54, 1.807) is 0 Å². The quantitative estimate of drug-likeness (QED) is 0.510. The molecule has 0 fully saturated rings. The SMILES string of the molecule is C[N+](C)(C)Cc1ccc(I)cc1.[Cl-]. The lowest BCUT2D eigenvalue weighted by atomic mass is 10.2. The van der Waals surface area contributed by atoms with Crippen LogP contribution in [0.1, 0.15) is 5.56 Å². The van der Waals surface area contributed by atoms with E-state index in [2.05, 4.69) is 68.0 Å². The Labute approximate surface area is 100 Å². The van der Waals surface area contributed by atoms with Gasteiger partial charge in [-0.15, -0.1) is 0 Å². The van der Waals surface area contributed by atoms with Gasteiger partial charge in [-0.25, -0.2) is 0 Å². The van der Waals surface area contributed by atoms with Crippen molar-refractivity contribution in [3.63, 3.8) is 0 Å². The number of rotatable bonds is 2. The van der Waals surface area contributed by atoms with Gasteiger partial charge in [-0.2, -0.15) is 0 Å². The van der Waals surface area contributed by atoms with Crippen molar-refractivity contribution >= 4 is 22.6 Å². The number of hydrogen-bond acceptors (Lipinski definition) is 0. The Morgan fingerprint density at radius 2 is 1.54 bits per heavy atom. The van der Waals surface area contributed by atoms with E-state index < -0.39 is 0 Å². The predicted molar refractivity (Wildman–Crippen MR) is 60.9 cm³/mol. The average molecular weight is 312 g/mol. The molecule has 0 saturated heterocycles. The van der Waals surface area contributed by atoms with Crippen molar-refractivity contribution in [1.82, 2.24) is 0 Å². The molecule has 0 aliphatic heterocycles. The van der Waals surface area contributed by atoms with Gasteiger partial charge in [0.25, 0.3) is 0 Å². The van der Waals surface area contributed by atoms with E-state index >= 15 is 0 Å². The van der Waals surface area contributed by atoms with Crippen LogP contribution in [-0.2, 0) is 6.54 Å². The van der Waals surface area contributed by atoms with Gasteiger partial charge in [-0.1, -0.05) is 12.1 Å². The zero-order valence-electron chi connectivity index (χ0n) is 8.22. The van der Waals surface area contributed by atoms with Crippen molar-refractivity contribution < 1.29 is 16.9 Å². The van der Waals surface area contributed by atoms with Crippen molar-refractivity contribution in [2.24, 2.45) is 0 Å². The average Bonchev–Trinajstić information content (AvgIpc) is 1.91. The van der Waals surface area contributed by atoms with Crippen LogP contribution in [0.4, 0.5) is 0 Å². The maximum atomic E-state index is 2.33. The van der Waals surface area contributed by atoms with Gasteiger partial charge in [0.15, 0.2) is 0 Å². The van der Waals surface area contributed by atoms with Crippen LogP contribution in [-0.4, -0.2) is 25.6 Å². The Morgan fingerprint density at radius 3 is 1.92 bits per heavy atom. The fourth-order valence-corrected chi connectivity index (χ4v) is 1.50. The van der Waals surface area contributed by atoms with Crippen molar-refractivity contribution in [3.8, 4) is 0 Å². The maximum absolute atomic E-state index is 2.33. The van der Waals surface area contributed by atoms with E-state index in [1.165, 1.54) is 9.13 Å². The largest absolute Gasteiger partial charge is 1.00 e. The second-order valence-corrected chi connectivity index (χ2v) is 5.32. The maximum Gasteiger partial charge on any atom is 0.104 e. The molecular formula is C10H15ClIN. The first-order valence-corrected chi connectivity index (χ1v) is 5.10. The molecule has 74 valence electrons. The molecule has 3 heteroatoms. The monoisotopic (exact) mass is 311 g/mol. The normalized spacial score (nSPS) is 10.8. The highest BCUT2D eigenvalue weighted by molar-refractivity contribution is 14.1. The van der Waals surface area contributed by atoms with Crippen LogP contribution in [0.3, 0.4) is 0 Å². The first-order chi connectivity index (χ1) is 5.47. The number of hydrogen-bond donors (Lipinski definition) is 0. The highest BCUT2D eigenvalue weighted by Crippen LogP contribution is 2.10. The molecule has 0 aromatic heterocycles. The third-order valence-electron chi connectivity index (χ3n) is 1.57. The summed E-state index contributed by atoms with van der Waals surface area (Å²) in [5.41, 5.74) is 1.41. The summed E-state index contributed by atoms with van der Waals surface area (Å²) in [4.78, 5) is 0. The molecule has 0 amide bonds. The van der Waals surface area contributed by atoms with E-state index in [4.69, 9.17) is 0 Å². The van der Waals surface area contributed by atoms with E-state index in [9.17, 15) is 0 Å². The van der Waals surface area contributed by atoms with E-state index in [0.29, 0.717) is 0 Å². The molecule has 0 aliphatic carbocycles. The fraction of sp³-hybridized carbons (Fsp3) is 0.400. The van der Waals surface area contributed by atoms with Crippen LogP contribution in [0, 0.1) is 3.57 Å². The minimum atomic E-state index is 0. The molecule has 0 spiro atoms. The number of nitrogens with zero attached hydrogens (tertiary/aromatic N) is 1. The molecule has 0 aliphatic rings. The summed E-state index contributed by atoms with van der Waals surface area (Å²) in [6.07, 6.45) is 0. The molecular weight excluding hydrogens is 296 g/mol. The summed E-state index contributed by atoms with van der Waals surface area (Å²) < 4.78 is 2.29. The minimum absolute atomic E-state index is 0. The van der Waals surface area contributed by atoms with Crippen LogP contribution in [0.5, 0.6) is 0 Å². The van der Waals surface area contributed by atoms with Gasteiger partial charge < -0.3 is 16.9 Å². The summed E-state index contributed by atoms with van der Waals surface area (Å²) in [5, 5.41) is 0. The third kappa shape index (κ3) is 5.49. The first kappa shape index (κ1) is 13.2. The Hall–Kier alpha value is 0.200. The topological polar surface area (TPSA) is 0 Å². The van der Waals surface area contributed by atoms with Gasteiger partial charge in [-0.3, -0.25) is 0 Å². The molecule has 0 bridgehead atoms. The molecule has 1 aromatic rings. The Balaban J connectivity index is 0.00000144. The summed E-state index contributed by atoms with van der Waals surface area (Å²) in [7, 11) is 6.62. The number of quaternary nitrogens is 1. The molecule has 0 saturated carbocycles. The predicted octanol–water partition coefficient (Wildman–Crippen LogP) is -0.499. The second kappa shape index (κ2) is 5.17. The van der Waals surface area contributed by atoms with Gasteiger partial charge in [-0.05, 0) is 34.7 Å². The van der Waals surface area contributed by atoms with Gasteiger partial charge >= 0.3 is 0 Å². The van der Waals surface area contributed by atoms with Gasteiger partial charge in [0.2, 0.25) is 0 Å². The Kier molecular flexibility index (Phi) is 5.25. The van der Waals surface area contributed by atoms with Gasteiger partial charge in [0.1, 0.15) is 6.54 Å². The lowest BCUT2D eigenvalue weighted by molar-refractivity contribution is -0.884. The van der Waals surface area contributed by atoms with Gasteiger partial charge in [0, 0.05) is 9.13 Å². The standard InChI is InChI=1S/C10H15IN.ClH/c1-12(2,3)8-9-4-6-10(11)7-5-9;/h4-7H,8H2,1-3H3;1H/q+1;/p-1. The highest BCUT2D eigenvalue weighted by atomic mass is 127. The Morgan fingerprint density at radius 1 is 1.08 bits per heavy atom.